The van der Waals surface area contributed by atoms with Crippen LogP contribution in [-0.4, -0.2) is 9.97 Å². The lowest BCUT2D eigenvalue weighted by atomic mass is 9.99. The SMILES string of the molecule is c1ccc(-c2ccc(-c3cccc(N(c4ccccc4)c4ccc(-c5nc6ccccc6nc5-c5ccc(N(c6ccccc6)c6cccc(-c7ccc(-c8ccccc8)cc7)c6)cc5)cc4)c3)cc2)cc1. The van der Waals surface area contributed by atoms with E-state index in [-0.39, 0.29) is 0 Å². The molecule has 0 aliphatic heterocycles. The van der Waals surface area contributed by atoms with Gasteiger partial charge >= 0.3 is 0 Å². The van der Waals surface area contributed by atoms with Gasteiger partial charge < -0.3 is 9.80 Å². The molecule has 340 valence electrons. The molecule has 72 heavy (non-hydrogen) atoms. The molecule has 0 amide bonds. The molecule has 0 bridgehead atoms. The Labute approximate surface area is 421 Å². The van der Waals surface area contributed by atoms with Gasteiger partial charge in [-0.25, -0.2) is 9.97 Å². The molecule has 0 saturated carbocycles. The van der Waals surface area contributed by atoms with Crippen molar-refractivity contribution in [1.82, 2.24) is 9.97 Å². The Morgan fingerprint density at radius 3 is 0.792 bits per heavy atom. The quantitative estimate of drug-likeness (QED) is 0.122. The fourth-order valence-corrected chi connectivity index (χ4v) is 9.61. The highest BCUT2D eigenvalue weighted by atomic mass is 15.1. The maximum Gasteiger partial charge on any atom is 0.0973 e. The van der Waals surface area contributed by atoms with Gasteiger partial charge in [-0.2, -0.15) is 0 Å². The van der Waals surface area contributed by atoms with Crippen LogP contribution in [0, 0.1) is 0 Å². The Hall–Kier alpha value is -9.64. The first-order valence-electron chi connectivity index (χ1n) is 24.4. The van der Waals surface area contributed by atoms with Gasteiger partial charge in [0.2, 0.25) is 0 Å². The van der Waals surface area contributed by atoms with E-state index in [2.05, 4.69) is 277 Å². The normalized spacial score (nSPS) is 11.1. The first-order valence-corrected chi connectivity index (χ1v) is 24.4. The largest absolute Gasteiger partial charge is 0.310 e. The second kappa shape index (κ2) is 19.8. The maximum atomic E-state index is 5.31. The van der Waals surface area contributed by atoms with Crippen molar-refractivity contribution in [2.24, 2.45) is 0 Å². The summed E-state index contributed by atoms with van der Waals surface area (Å²) in [6, 6.07) is 103. The van der Waals surface area contributed by atoms with Gasteiger partial charge in [0.15, 0.2) is 0 Å². The molecular formula is C68H48N4. The summed E-state index contributed by atoms with van der Waals surface area (Å²) in [4.78, 5) is 15.2. The fraction of sp³-hybridized carbons (Fsp3) is 0. The van der Waals surface area contributed by atoms with Crippen LogP contribution in [0.2, 0.25) is 0 Å². The topological polar surface area (TPSA) is 32.3 Å². The van der Waals surface area contributed by atoms with Crippen molar-refractivity contribution >= 4 is 45.2 Å². The number of benzene rings is 11. The van der Waals surface area contributed by atoms with Crippen LogP contribution in [0.1, 0.15) is 0 Å². The predicted molar refractivity (Wildman–Crippen MR) is 302 cm³/mol. The summed E-state index contributed by atoms with van der Waals surface area (Å²) in [5.74, 6) is 0. The summed E-state index contributed by atoms with van der Waals surface area (Å²) in [6.45, 7) is 0. The highest BCUT2D eigenvalue weighted by Crippen LogP contribution is 2.41. The monoisotopic (exact) mass is 920 g/mol. The standard InChI is InChI=1S/C68H48N4/c1-5-17-49(18-6-1)51-31-35-53(36-32-51)57-21-15-27-63(47-57)71(59-23-9-3-10-24-59)61-43-39-55(40-44-61)67-68(70-66-30-14-13-29-65(66)69-67)56-41-45-62(46-42-56)72(60-25-11-4-12-26-60)64-28-16-22-58(48-64)54-37-33-52(34-38-54)50-19-7-2-8-20-50/h1-48H. The van der Waals surface area contributed by atoms with Gasteiger partial charge in [-0.15, -0.1) is 0 Å². The van der Waals surface area contributed by atoms with Crippen LogP contribution >= 0.6 is 0 Å². The van der Waals surface area contributed by atoms with Crippen LogP contribution in [-0.2, 0) is 0 Å². The molecule has 0 spiro atoms. The third-order valence-corrected chi connectivity index (χ3v) is 13.3. The van der Waals surface area contributed by atoms with Gasteiger partial charge in [-0.1, -0.05) is 206 Å². The van der Waals surface area contributed by atoms with Crippen molar-refractivity contribution in [3.05, 3.63) is 291 Å². The zero-order valence-electron chi connectivity index (χ0n) is 39.5. The first kappa shape index (κ1) is 43.6. The molecule has 0 unspecified atom stereocenters. The van der Waals surface area contributed by atoms with E-state index < -0.39 is 0 Å². The molecule has 0 aliphatic carbocycles. The smallest absolute Gasteiger partial charge is 0.0973 e. The third-order valence-electron chi connectivity index (χ3n) is 13.3. The van der Waals surface area contributed by atoms with Crippen LogP contribution in [0.4, 0.5) is 34.1 Å². The third kappa shape index (κ3) is 9.04. The van der Waals surface area contributed by atoms with E-state index >= 15 is 0 Å². The van der Waals surface area contributed by atoms with Crippen LogP contribution in [0.15, 0.2) is 291 Å². The van der Waals surface area contributed by atoms with Gasteiger partial charge in [0.1, 0.15) is 0 Å². The first-order chi connectivity index (χ1) is 35.7. The van der Waals surface area contributed by atoms with Crippen molar-refractivity contribution in [3.63, 3.8) is 0 Å². The van der Waals surface area contributed by atoms with Crippen molar-refractivity contribution in [1.29, 1.82) is 0 Å². The lowest BCUT2D eigenvalue weighted by Gasteiger charge is -2.26. The number of hydrogen-bond acceptors (Lipinski definition) is 4. The molecule has 0 aliphatic rings. The number of hydrogen-bond donors (Lipinski definition) is 0. The summed E-state index contributed by atoms with van der Waals surface area (Å²) >= 11 is 0. The number of anilines is 6. The molecule has 1 aromatic heterocycles. The zero-order chi connectivity index (χ0) is 48.1. The molecule has 0 radical (unpaired) electrons. The van der Waals surface area contributed by atoms with E-state index in [0.29, 0.717) is 0 Å². The molecule has 1 heterocycles. The number of aromatic nitrogens is 2. The molecule has 4 heteroatoms. The summed E-state index contributed by atoms with van der Waals surface area (Å²) < 4.78 is 0. The van der Waals surface area contributed by atoms with Crippen LogP contribution in [0.5, 0.6) is 0 Å². The number of fused-ring (bicyclic) bond motifs is 1. The second-order valence-electron chi connectivity index (χ2n) is 17.8. The molecular weight excluding hydrogens is 873 g/mol. The Morgan fingerprint density at radius 2 is 0.431 bits per heavy atom. The molecule has 0 fully saturated rings. The van der Waals surface area contributed by atoms with Crippen LogP contribution < -0.4 is 9.80 Å². The van der Waals surface area contributed by atoms with Gasteiger partial charge in [0, 0.05) is 45.3 Å². The van der Waals surface area contributed by atoms with Gasteiger partial charge in [0.25, 0.3) is 0 Å². The molecule has 4 nitrogen and oxygen atoms in total. The Balaban J connectivity index is 0.876. The summed E-state index contributed by atoms with van der Waals surface area (Å²) in [6.07, 6.45) is 0. The zero-order valence-corrected chi connectivity index (χ0v) is 39.5. The highest BCUT2D eigenvalue weighted by molar-refractivity contribution is 5.89. The molecule has 11 aromatic carbocycles. The minimum atomic E-state index is 0.825. The molecule has 0 N–H and O–H groups in total. The summed E-state index contributed by atoms with van der Waals surface area (Å²) in [7, 11) is 0. The number of nitrogens with zero attached hydrogens (tertiary/aromatic N) is 4. The Kier molecular flexibility index (Phi) is 12.0. The van der Waals surface area contributed by atoms with Crippen LogP contribution in [0.3, 0.4) is 0 Å². The average Bonchev–Trinajstić information content (AvgIpc) is 3.47. The van der Waals surface area contributed by atoms with E-state index in [1.54, 1.807) is 0 Å². The average molecular weight is 921 g/mol. The van der Waals surface area contributed by atoms with E-state index in [0.717, 1.165) is 78.8 Å². The van der Waals surface area contributed by atoms with E-state index in [1.165, 1.54) is 33.4 Å². The second-order valence-corrected chi connectivity index (χ2v) is 17.8. The van der Waals surface area contributed by atoms with Crippen molar-refractivity contribution < 1.29 is 0 Å². The van der Waals surface area contributed by atoms with E-state index in [4.69, 9.17) is 9.97 Å². The molecule has 0 atom stereocenters. The number of para-hydroxylation sites is 4. The molecule has 12 aromatic rings. The van der Waals surface area contributed by atoms with Crippen LogP contribution in [0.25, 0.3) is 78.1 Å². The number of rotatable bonds is 12. The van der Waals surface area contributed by atoms with Crippen molar-refractivity contribution in [2.75, 3.05) is 9.80 Å². The van der Waals surface area contributed by atoms with Gasteiger partial charge in [-0.3, -0.25) is 0 Å². The van der Waals surface area contributed by atoms with Crippen molar-refractivity contribution in [3.8, 4) is 67.0 Å². The fourth-order valence-electron chi connectivity index (χ4n) is 9.61. The summed E-state index contributed by atoms with van der Waals surface area (Å²) in [5, 5.41) is 0. The lowest BCUT2D eigenvalue weighted by Crippen LogP contribution is -2.10. The Morgan fingerprint density at radius 1 is 0.181 bits per heavy atom. The lowest BCUT2D eigenvalue weighted by molar-refractivity contribution is 1.26. The Bertz CT molecular complexity index is 3500. The minimum absolute atomic E-state index is 0.825. The molecule has 12 rings (SSSR count). The maximum absolute atomic E-state index is 5.31. The van der Waals surface area contributed by atoms with E-state index in [1.807, 2.05) is 24.3 Å². The van der Waals surface area contributed by atoms with E-state index in [9.17, 15) is 0 Å². The predicted octanol–water partition coefficient (Wildman–Crippen LogP) is 18.6. The van der Waals surface area contributed by atoms with Crippen molar-refractivity contribution in [2.45, 2.75) is 0 Å². The summed E-state index contributed by atoms with van der Waals surface area (Å²) in [5.41, 5.74) is 21.1. The van der Waals surface area contributed by atoms with Gasteiger partial charge in [0.05, 0.1) is 22.4 Å². The van der Waals surface area contributed by atoms with Gasteiger partial charge in [-0.05, 0) is 129 Å². The highest BCUT2D eigenvalue weighted by Gasteiger charge is 2.19. The minimum Gasteiger partial charge on any atom is -0.310 e. The molecule has 0 saturated heterocycles.